The van der Waals surface area contributed by atoms with Gasteiger partial charge in [-0.1, -0.05) is 12.1 Å². The standard InChI is InChI=1S/C12H11BrN4O4/c1-14-10-7(3-2-4-9(10)17(20)21)5-16-6-8(13)11(18)15-12(16)19/h2-4,6,14H,5H2,1H3,(H,15,18,19). The fourth-order valence-electron chi connectivity index (χ4n) is 1.94. The van der Waals surface area contributed by atoms with Gasteiger partial charge in [0.1, 0.15) is 5.69 Å². The van der Waals surface area contributed by atoms with Crippen LogP contribution in [0.1, 0.15) is 5.56 Å². The number of hydrogen-bond donors (Lipinski definition) is 2. The summed E-state index contributed by atoms with van der Waals surface area (Å²) >= 11 is 3.04. The van der Waals surface area contributed by atoms with Crippen LogP contribution in [0.3, 0.4) is 0 Å². The number of nitro groups is 1. The number of para-hydroxylation sites is 1. The van der Waals surface area contributed by atoms with Crippen LogP contribution in [0, 0.1) is 10.1 Å². The lowest BCUT2D eigenvalue weighted by atomic mass is 10.1. The number of anilines is 1. The molecule has 1 aromatic carbocycles. The van der Waals surface area contributed by atoms with Crippen molar-refractivity contribution < 1.29 is 4.92 Å². The molecule has 21 heavy (non-hydrogen) atoms. The second kappa shape index (κ2) is 5.92. The highest BCUT2D eigenvalue weighted by atomic mass is 79.9. The topological polar surface area (TPSA) is 110 Å². The molecule has 0 unspecified atom stereocenters. The minimum atomic E-state index is -0.586. The smallest absolute Gasteiger partial charge is 0.328 e. The number of nitrogens with zero attached hydrogens (tertiary/aromatic N) is 2. The van der Waals surface area contributed by atoms with Crippen molar-refractivity contribution in [1.82, 2.24) is 9.55 Å². The zero-order valence-corrected chi connectivity index (χ0v) is 12.5. The van der Waals surface area contributed by atoms with E-state index in [1.54, 1.807) is 19.2 Å². The van der Waals surface area contributed by atoms with E-state index in [9.17, 15) is 19.7 Å². The van der Waals surface area contributed by atoms with E-state index in [1.807, 2.05) is 0 Å². The molecule has 2 N–H and O–H groups in total. The van der Waals surface area contributed by atoms with Crippen molar-refractivity contribution in [3.8, 4) is 0 Å². The first-order valence-electron chi connectivity index (χ1n) is 5.87. The number of nitro benzene ring substituents is 1. The van der Waals surface area contributed by atoms with Gasteiger partial charge < -0.3 is 5.32 Å². The van der Waals surface area contributed by atoms with E-state index >= 15 is 0 Å². The molecule has 0 atom stereocenters. The van der Waals surface area contributed by atoms with Gasteiger partial charge in [0, 0.05) is 24.9 Å². The highest BCUT2D eigenvalue weighted by molar-refractivity contribution is 9.10. The first-order valence-corrected chi connectivity index (χ1v) is 6.66. The number of hydrogen-bond acceptors (Lipinski definition) is 5. The quantitative estimate of drug-likeness (QED) is 0.635. The van der Waals surface area contributed by atoms with Gasteiger partial charge in [0.15, 0.2) is 0 Å². The van der Waals surface area contributed by atoms with E-state index in [1.165, 1.54) is 16.8 Å². The third kappa shape index (κ3) is 3.02. The molecule has 0 aliphatic rings. The molecule has 8 nitrogen and oxygen atoms in total. The molecular weight excluding hydrogens is 344 g/mol. The molecule has 1 heterocycles. The highest BCUT2D eigenvalue weighted by Gasteiger charge is 2.16. The number of aromatic nitrogens is 2. The zero-order chi connectivity index (χ0) is 15.6. The van der Waals surface area contributed by atoms with E-state index in [0.717, 1.165) is 0 Å². The van der Waals surface area contributed by atoms with Crippen LogP contribution in [0.2, 0.25) is 0 Å². The van der Waals surface area contributed by atoms with Crippen LogP contribution in [-0.2, 0) is 6.54 Å². The normalized spacial score (nSPS) is 10.4. The number of rotatable bonds is 4. The Morgan fingerprint density at radius 2 is 2.14 bits per heavy atom. The first-order chi connectivity index (χ1) is 9.93. The SMILES string of the molecule is CNc1c(Cn2cc(Br)c(=O)[nH]c2=O)cccc1[N+](=O)[O-]. The number of aromatic amines is 1. The van der Waals surface area contributed by atoms with Crippen molar-refractivity contribution in [2.45, 2.75) is 6.54 Å². The predicted molar refractivity (Wildman–Crippen MR) is 80.8 cm³/mol. The zero-order valence-electron chi connectivity index (χ0n) is 10.9. The number of halogens is 1. The van der Waals surface area contributed by atoms with Crippen LogP contribution in [-0.4, -0.2) is 21.5 Å². The molecule has 2 rings (SSSR count). The lowest BCUT2D eigenvalue weighted by molar-refractivity contribution is -0.384. The molecule has 0 aliphatic heterocycles. The van der Waals surface area contributed by atoms with Crippen LogP contribution in [0.25, 0.3) is 0 Å². The van der Waals surface area contributed by atoms with Crippen LogP contribution in [0.5, 0.6) is 0 Å². The van der Waals surface area contributed by atoms with Crippen molar-refractivity contribution in [2.24, 2.45) is 0 Å². The summed E-state index contributed by atoms with van der Waals surface area (Å²) in [7, 11) is 1.57. The molecule has 0 aliphatic carbocycles. The van der Waals surface area contributed by atoms with Gasteiger partial charge in [-0.3, -0.25) is 24.5 Å². The predicted octanol–water partition coefficient (Wildman–Crippen LogP) is 1.30. The van der Waals surface area contributed by atoms with Gasteiger partial charge in [-0.15, -0.1) is 0 Å². The van der Waals surface area contributed by atoms with Crippen molar-refractivity contribution in [1.29, 1.82) is 0 Å². The van der Waals surface area contributed by atoms with Crippen LogP contribution >= 0.6 is 15.9 Å². The highest BCUT2D eigenvalue weighted by Crippen LogP contribution is 2.28. The molecule has 2 aromatic rings. The van der Waals surface area contributed by atoms with E-state index in [-0.39, 0.29) is 16.7 Å². The minimum absolute atomic E-state index is 0.0773. The van der Waals surface area contributed by atoms with Gasteiger partial charge >= 0.3 is 5.69 Å². The first kappa shape index (κ1) is 15.0. The Bertz CT molecular complexity index is 812. The summed E-state index contributed by atoms with van der Waals surface area (Å²) in [4.78, 5) is 35.7. The molecule has 0 fully saturated rings. The number of benzene rings is 1. The maximum Gasteiger partial charge on any atom is 0.328 e. The minimum Gasteiger partial charge on any atom is -0.382 e. The average Bonchev–Trinajstić information content (AvgIpc) is 2.44. The molecule has 0 radical (unpaired) electrons. The van der Waals surface area contributed by atoms with E-state index in [0.29, 0.717) is 11.3 Å². The second-order valence-electron chi connectivity index (χ2n) is 4.18. The summed E-state index contributed by atoms with van der Waals surface area (Å²) in [6, 6.07) is 4.59. The summed E-state index contributed by atoms with van der Waals surface area (Å²) in [6.45, 7) is 0.0894. The largest absolute Gasteiger partial charge is 0.382 e. The lowest BCUT2D eigenvalue weighted by Crippen LogP contribution is -2.30. The maximum absolute atomic E-state index is 11.7. The fraction of sp³-hybridized carbons (Fsp3) is 0.167. The molecule has 0 saturated heterocycles. The Kier molecular flexibility index (Phi) is 4.22. The Labute approximate surface area is 126 Å². The second-order valence-corrected chi connectivity index (χ2v) is 5.04. The fourth-order valence-corrected chi connectivity index (χ4v) is 2.29. The summed E-state index contributed by atoms with van der Waals surface area (Å²) in [6.07, 6.45) is 1.35. The van der Waals surface area contributed by atoms with Gasteiger partial charge in [0.25, 0.3) is 11.2 Å². The number of nitrogens with one attached hydrogen (secondary N) is 2. The summed E-state index contributed by atoms with van der Waals surface area (Å²) in [5.41, 5.74) is -0.295. The number of H-pyrrole nitrogens is 1. The van der Waals surface area contributed by atoms with Crippen LogP contribution in [0.15, 0.2) is 38.5 Å². The van der Waals surface area contributed by atoms with Gasteiger partial charge in [-0.2, -0.15) is 0 Å². The molecule has 1 aromatic heterocycles. The van der Waals surface area contributed by atoms with Gasteiger partial charge in [0.05, 0.1) is 15.9 Å². The van der Waals surface area contributed by atoms with Crippen molar-refractivity contribution >= 4 is 27.3 Å². The Morgan fingerprint density at radius 1 is 1.43 bits per heavy atom. The molecule has 0 spiro atoms. The van der Waals surface area contributed by atoms with Crippen LogP contribution in [0.4, 0.5) is 11.4 Å². The van der Waals surface area contributed by atoms with Gasteiger partial charge in [0.2, 0.25) is 0 Å². The molecule has 0 amide bonds. The van der Waals surface area contributed by atoms with Crippen LogP contribution < -0.4 is 16.6 Å². The third-order valence-electron chi connectivity index (χ3n) is 2.88. The van der Waals surface area contributed by atoms with E-state index in [2.05, 4.69) is 26.2 Å². The van der Waals surface area contributed by atoms with Crippen molar-refractivity contribution in [3.63, 3.8) is 0 Å². The molecule has 110 valence electrons. The molecule has 0 bridgehead atoms. The van der Waals surface area contributed by atoms with Crippen molar-refractivity contribution in [2.75, 3.05) is 12.4 Å². The van der Waals surface area contributed by atoms with Gasteiger partial charge in [-0.25, -0.2) is 4.79 Å². The summed E-state index contributed by atoms with van der Waals surface area (Å²) < 4.78 is 1.46. The lowest BCUT2D eigenvalue weighted by Gasteiger charge is -2.11. The van der Waals surface area contributed by atoms with E-state index < -0.39 is 16.2 Å². The molecular formula is C12H11BrN4O4. The van der Waals surface area contributed by atoms with Crippen molar-refractivity contribution in [3.05, 3.63) is 65.4 Å². The maximum atomic E-state index is 11.7. The summed E-state index contributed by atoms with van der Waals surface area (Å²) in [5, 5.41) is 13.8. The molecule has 9 heteroatoms. The third-order valence-corrected chi connectivity index (χ3v) is 3.45. The Morgan fingerprint density at radius 3 is 2.76 bits per heavy atom. The van der Waals surface area contributed by atoms with E-state index in [4.69, 9.17) is 0 Å². The summed E-state index contributed by atoms with van der Waals surface area (Å²) in [5.74, 6) is 0. The molecule has 0 saturated carbocycles. The Balaban J connectivity index is 2.52. The Hall–Kier alpha value is -2.42. The average molecular weight is 355 g/mol. The monoisotopic (exact) mass is 354 g/mol. The van der Waals surface area contributed by atoms with Gasteiger partial charge in [-0.05, 0) is 15.9 Å².